The van der Waals surface area contributed by atoms with Gasteiger partial charge in [0.15, 0.2) is 11.2 Å². The quantitative estimate of drug-likeness (QED) is 0.165. The Kier molecular flexibility index (Phi) is 11.8. The summed E-state index contributed by atoms with van der Waals surface area (Å²) in [5.74, 6) is 0. The summed E-state index contributed by atoms with van der Waals surface area (Å²) in [5.41, 5.74) is 28.0. The first-order valence-corrected chi connectivity index (χ1v) is 34.2. The fraction of sp³-hybridized carbons (Fsp3) is 0.429. The van der Waals surface area contributed by atoms with E-state index in [9.17, 15) is 0 Å². The van der Waals surface area contributed by atoms with Crippen molar-refractivity contribution in [3.8, 4) is 0 Å². The molecule has 90 heavy (non-hydrogen) atoms. The Balaban J connectivity index is 1.09. The SMILES string of the molecule is CC(C)(C)c1ccc2c(c1)C1(C)CCCCC1(C)N2c1cc2c3c(c1)N(c1cccc4c1oc1ccc(C(C)(C)C)cc14)c1c(ccc4c1oc1ccc(C(C)(C)C)cc14)B3c1cc3c(cc1N2c1ccc2c(c1)C(C)(C)CCC2(C)C)C(C)(C)CCC3(C)C. The first kappa shape index (κ1) is 57.9. The number of furan rings is 2. The number of fused-ring (bicyclic) bond motifs is 16. The van der Waals surface area contributed by atoms with Gasteiger partial charge in [-0.2, -0.15) is 0 Å². The molecule has 6 aliphatic rings. The molecule has 0 radical (unpaired) electrons. The maximum absolute atomic E-state index is 7.59. The summed E-state index contributed by atoms with van der Waals surface area (Å²) in [4.78, 5) is 8.25. The highest BCUT2D eigenvalue weighted by Gasteiger charge is 2.59. The number of rotatable bonds is 3. The summed E-state index contributed by atoms with van der Waals surface area (Å²) in [6, 6.07) is 51.5. The molecule has 0 bridgehead atoms. The van der Waals surface area contributed by atoms with Crippen molar-refractivity contribution >= 4 is 112 Å². The minimum absolute atomic E-state index is 0.000577. The molecule has 6 heteroatoms. The van der Waals surface area contributed by atoms with E-state index in [0.29, 0.717) is 0 Å². The summed E-state index contributed by atoms with van der Waals surface area (Å²) >= 11 is 0. The van der Waals surface area contributed by atoms with Crippen LogP contribution in [-0.2, 0) is 43.3 Å². The zero-order valence-corrected chi connectivity index (χ0v) is 57.5. The number of anilines is 8. The average Bonchev–Trinajstić information content (AvgIpc) is 1.12. The Labute approximate surface area is 536 Å². The number of nitrogens with zero attached hydrogens (tertiary/aromatic N) is 3. The van der Waals surface area contributed by atoms with Gasteiger partial charge in [-0.05, 0) is 211 Å². The molecule has 3 aliphatic carbocycles. The summed E-state index contributed by atoms with van der Waals surface area (Å²) in [7, 11) is 0. The summed E-state index contributed by atoms with van der Waals surface area (Å²) < 4.78 is 15.0. The van der Waals surface area contributed by atoms with Gasteiger partial charge < -0.3 is 23.5 Å². The van der Waals surface area contributed by atoms with Gasteiger partial charge in [0, 0.05) is 61.1 Å². The molecule has 16 rings (SSSR count). The van der Waals surface area contributed by atoms with Crippen LogP contribution in [-0.4, -0.2) is 12.3 Å². The maximum atomic E-state index is 7.59. The van der Waals surface area contributed by atoms with Crippen LogP contribution in [0.1, 0.15) is 227 Å². The van der Waals surface area contributed by atoms with Crippen molar-refractivity contribution in [2.75, 3.05) is 14.7 Å². The van der Waals surface area contributed by atoms with Crippen LogP contribution in [0.4, 0.5) is 45.5 Å². The fourth-order valence-corrected chi connectivity index (χ4v) is 18.2. The van der Waals surface area contributed by atoms with Crippen LogP contribution < -0.4 is 31.1 Å². The second kappa shape index (κ2) is 18.3. The van der Waals surface area contributed by atoms with Gasteiger partial charge in [0.2, 0.25) is 0 Å². The zero-order valence-electron chi connectivity index (χ0n) is 57.5. The van der Waals surface area contributed by atoms with Crippen molar-refractivity contribution in [3.63, 3.8) is 0 Å². The van der Waals surface area contributed by atoms with E-state index in [4.69, 9.17) is 8.83 Å². The molecule has 2 unspecified atom stereocenters. The topological polar surface area (TPSA) is 36.0 Å². The molecule has 5 nitrogen and oxygen atoms in total. The van der Waals surface area contributed by atoms with E-state index in [-0.39, 0.29) is 55.6 Å². The molecule has 1 saturated carbocycles. The monoisotopic (exact) mass is 1190 g/mol. The molecule has 10 aromatic rings. The minimum atomic E-state index is -0.227. The van der Waals surface area contributed by atoms with E-state index in [2.05, 4.69) is 274 Å². The van der Waals surface area contributed by atoms with Crippen LogP contribution in [0.3, 0.4) is 0 Å². The summed E-state index contributed by atoms with van der Waals surface area (Å²) in [6.45, 7) is 46.0. The van der Waals surface area contributed by atoms with Crippen molar-refractivity contribution in [2.24, 2.45) is 0 Å². The standard InChI is InChI=1S/C84H94BN3O2/c1-76(2,3)49-26-33-70-56(41-49)54-23-22-24-66(74(54)89-70)87-69-46-53(88-65-32-25-51(78(7,8)9)43-62(65)83(18)35-20-21-36-84(83,88)19)45-68-72(69)85(63-31-29-55-57-42-50(77(4,5)6)27-34-71(57)90-75(55)73(63)87)64-47-60-61(82(16,17)40-39-81(60,14)15)48-67(64)86(68)52-28-30-58-59(44-52)80(12,13)38-37-79(58,10)11/h22-34,41-48H,20-21,35-40H2,1-19H3. The molecule has 0 amide bonds. The summed E-state index contributed by atoms with van der Waals surface area (Å²) in [5, 5.41) is 4.54. The molecule has 3 aliphatic heterocycles. The zero-order chi connectivity index (χ0) is 63.3. The molecule has 1 fully saturated rings. The van der Waals surface area contributed by atoms with E-state index in [1.54, 1.807) is 0 Å². The third-order valence-electron chi connectivity index (χ3n) is 24.4. The lowest BCUT2D eigenvalue weighted by Crippen LogP contribution is -2.62. The van der Waals surface area contributed by atoms with E-state index in [0.717, 1.165) is 87.4 Å². The largest absolute Gasteiger partial charge is 0.454 e. The number of para-hydroxylation sites is 1. The molecule has 2 atom stereocenters. The highest BCUT2D eigenvalue weighted by atomic mass is 16.3. The normalized spacial score (nSPS) is 21.9. The van der Waals surface area contributed by atoms with Gasteiger partial charge in [0.25, 0.3) is 6.71 Å². The second-order valence-electron chi connectivity index (χ2n) is 35.0. The molecule has 5 heterocycles. The molecule has 0 spiro atoms. The predicted molar refractivity (Wildman–Crippen MR) is 384 cm³/mol. The van der Waals surface area contributed by atoms with E-state index >= 15 is 0 Å². The van der Waals surface area contributed by atoms with Gasteiger partial charge in [-0.3, -0.25) is 0 Å². The molecular formula is C84H94BN3O2. The van der Waals surface area contributed by atoms with Gasteiger partial charge in [0.1, 0.15) is 11.2 Å². The van der Waals surface area contributed by atoms with Crippen molar-refractivity contribution in [3.05, 3.63) is 172 Å². The van der Waals surface area contributed by atoms with Gasteiger partial charge in [-0.15, -0.1) is 0 Å². The highest BCUT2D eigenvalue weighted by molar-refractivity contribution is 7.00. The Hall–Kier alpha value is -7.18. The van der Waals surface area contributed by atoms with Crippen LogP contribution in [0, 0.1) is 0 Å². The van der Waals surface area contributed by atoms with Crippen LogP contribution in [0.2, 0.25) is 0 Å². The number of benzene rings is 8. The van der Waals surface area contributed by atoms with E-state index < -0.39 is 0 Å². The van der Waals surface area contributed by atoms with E-state index in [1.165, 1.54) is 114 Å². The van der Waals surface area contributed by atoms with Crippen molar-refractivity contribution < 1.29 is 8.83 Å². The van der Waals surface area contributed by atoms with Crippen molar-refractivity contribution in [1.29, 1.82) is 0 Å². The molecule has 0 saturated heterocycles. The van der Waals surface area contributed by atoms with Crippen LogP contribution >= 0.6 is 0 Å². The van der Waals surface area contributed by atoms with Gasteiger partial charge in [-0.1, -0.05) is 198 Å². The lowest BCUT2D eigenvalue weighted by molar-refractivity contribution is 0.195. The third-order valence-corrected chi connectivity index (χ3v) is 24.4. The third kappa shape index (κ3) is 7.99. The molecule has 8 aromatic carbocycles. The van der Waals surface area contributed by atoms with Crippen LogP contribution in [0.25, 0.3) is 43.9 Å². The Bertz CT molecular complexity index is 4750. The predicted octanol–water partition coefficient (Wildman–Crippen LogP) is 21.9. The number of hydrogen-bond donors (Lipinski definition) is 0. The first-order valence-electron chi connectivity index (χ1n) is 34.2. The number of hydrogen-bond acceptors (Lipinski definition) is 5. The summed E-state index contributed by atoms with van der Waals surface area (Å²) in [6.07, 6.45) is 9.22. The second-order valence-corrected chi connectivity index (χ2v) is 35.0. The molecular weight excluding hydrogens is 1090 g/mol. The van der Waals surface area contributed by atoms with Crippen LogP contribution in [0.15, 0.2) is 136 Å². The van der Waals surface area contributed by atoms with Crippen molar-refractivity contribution in [2.45, 2.75) is 232 Å². The van der Waals surface area contributed by atoms with Gasteiger partial charge in [0.05, 0.1) is 16.9 Å². The lowest BCUT2D eigenvalue weighted by atomic mass is 9.33. The first-order chi connectivity index (χ1) is 42.2. The van der Waals surface area contributed by atoms with Crippen molar-refractivity contribution in [1.82, 2.24) is 0 Å². The minimum Gasteiger partial charge on any atom is -0.454 e. The Morgan fingerprint density at radius 2 is 0.911 bits per heavy atom. The molecule has 0 N–H and O–H groups in total. The van der Waals surface area contributed by atoms with E-state index in [1.807, 2.05) is 0 Å². The Morgan fingerprint density at radius 1 is 0.378 bits per heavy atom. The smallest absolute Gasteiger partial charge is 0.252 e. The molecule has 2 aromatic heterocycles. The van der Waals surface area contributed by atoms with Gasteiger partial charge >= 0.3 is 0 Å². The van der Waals surface area contributed by atoms with Gasteiger partial charge in [-0.25, -0.2) is 0 Å². The fourth-order valence-electron chi connectivity index (χ4n) is 18.2. The van der Waals surface area contributed by atoms with Crippen LogP contribution in [0.5, 0.6) is 0 Å². The lowest BCUT2D eigenvalue weighted by Gasteiger charge is -2.51. The molecule has 460 valence electrons. The highest BCUT2D eigenvalue weighted by Crippen LogP contribution is 2.63. The average molecular weight is 1190 g/mol. The maximum Gasteiger partial charge on any atom is 0.252 e. The Morgan fingerprint density at radius 3 is 1.53 bits per heavy atom.